The molecule has 0 aromatic carbocycles. The van der Waals surface area contributed by atoms with E-state index in [0.717, 1.165) is 11.1 Å². The number of nitrogens with one attached hydrogen (secondary N) is 2. The fraction of sp³-hybridized carbons (Fsp3) is 0.273. The number of nitrogens with zero attached hydrogens (tertiary/aromatic N) is 3. The Morgan fingerprint density at radius 3 is 2.37 bits per heavy atom. The molecule has 0 radical (unpaired) electrons. The minimum absolute atomic E-state index is 0.219. The zero-order valence-electron chi connectivity index (χ0n) is 16.5. The molecule has 0 amide bonds. The lowest BCUT2D eigenvalue weighted by atomic mass is 9.81. The van der Waals surface area contributed by atoms with Crippen LogP contribution in [0.15, 0.2) is 65.2 Å². The van der Waals surface area contributed by atoms with Gasteiger partial charge in [-0.3, -0.25) is 9.97 Å². The zero-order valence-corrected chi connectivity index (χ0v) is 18.2. The molecule has 6 nitrogen and oxygen atoms in total. The van der Waals surface area contributed by atoms with E-state index in [4.69, 9.17) is 18.0 Å². The van der Waals surface area contributed by atoms with Crippen molar-refractivity contribution >= 4 is 35.5 Å². The first kappa shape index (κ1) is 22.0. The number of dihydropyridines is 1. The van der Waals surface area contributed by atoms with Gasteiger partial charge in [0, 0.05) is 35.9 Å². The molecule has 0 spiro atoms. The number of piperidine rings is 1. The van der Waals surface area contributed by atoms with E-state index in [2.05, 4.69) is 39.3 Å². The van der Waals surface area contributed by atoms with Gasteiger partial charge in [-0.15, -0.1) is 12.6 Å². The van der Waals surface area contributed by atoms with Crippen molar-refractivity contribution in [2.24, 2.45) is 5.73 Å². The Bertz CT molecular complexity index is 964. The minimum atomic E-state index is -0.403. The van der Waals surface area contributed by atoms with Gasteiger partial charge in [-0.1, -0.05) is 18.6 Å². The molecule has 1 unspecified atom stereocenters. The molecule has 0 aliphatic carbocycles. The summed E-state index contributed by atoms with van der Waals surface area (Å²) in [5.74, 6) is -0.403. The van der Waals surface area contributed by atoms with Crippen LogP contribution in [0, 0.1) is 11.3 Å². The predicted octanol–water partition coefficient (Wildman–Crippen LogP) is 3.29. The third kappa shape index (κ3) is 5.25. The van der Waals surface area contributed by atoms with Gasteiger partial charge in [0.1, 0.15) is 4.99 Å². The Morgan fingerprint density at radius 1 is 1.13 bits per heavy atom. The van der Waals surface area contributed by atoms with E-state index in [9.17, 15) is 5.26 Å². The molecule has 2 aromatic heterocycles. The molecule has 0 saturated carbocycles. The maximum atomic E-state index is 9.62. The number of pyridine rings is 2. The maximum absolute atomic E-state index is 9.62. The van der Waals surface area contributed by atoms with Gasteiger partial charge in [-0.25, -0.2) is 0 Å². The third-order valence-corrected chi connectivity index (χ3v) is 5.50. The van der Waals surface area contributed by atoms with Crippen LogP contribution in [0.3, 0.4) is 0 Å². The molecule has 2 aliphatic heterocycles. The van der Waals surface area contributed by atoms with Crippen LogP contribution in [0.25, 0.3) is 5.70 Å². The fourth-order valence-electron chi connectivity index (χ4n) is 3.49. The highest BCUT2D eigenvalue weighted by Gasteiger charge is 2.32. The van der Waals surface area contributed by atoms with E-state index in [1.165, 1.54) is 32.4 Å². The molecular formula is C22H24N6S2. The molecule has 4 rings (SSSR count). The number of rotatable bonds is 3. The Labute approximate surface area is 187 Å². The Morgan fingerprint density at radius 2 is 1.87 bits per heavy atom. The Kier molecular flexibility index (Phi) is 7.97. The first-order chi connectivity index (χ1) is 14.6. The van der Waals surface area contributed by atoms with Crippen molar-refractivity contribution in [1.29, 1.82) is 5.26 Å². The average Bonchev–Trinajstić information content (AvgIpc) is 2.81. The highest BCUT2D eigenvalue weighted by Crippen LogP contribution is 2.40. The van der Waals surface area contributed by atoms with Gasteiger partial charge in [-0.2, -0.15) is 5.26 Å². The number of allylic oxidation sites excluding steroid dienone is 1. The molecule has 4 N–H and O–H groups in total. The Balaban J connectivity index is 0.000000367. The minimum Gasteiger partial charge on any atom is -0.390 e. The summed E-state index contributed by atoms with van der Waals surface area (Å²) in [4.78, 5) is 8.39. The number of aromatic nitrogens is 2. The largest absolute Gasteiger partial charge is 0.390 e. The zero-order chi connectivity index (χ0) is 21.3. The summed E-state index contributed by atoms with van der Waals surface area (Å²) in [7, 11) is 0. The number of nitrogens with two attached hydrogens (primary N) is 1. The molecular weight excluding hydrogens is 412 g/mol. The van der Waals surface area contributed by atoms with Crippen molar-refractivity contribution in [2.45, 2.75) is 25.2 Å². The van der Waals surface area contributed by atoms with Gasteiger partial charge < -0.3 is 16.4 Å². The number of thiocarbonyl (C=S) groups is 1. The summed E-state index contributed by atoms with van der Waals surface area (Å²) in [5, 5.41) is 16.5. The molecule has 30 heavy (non-hydrogen) atoms. The highest BCUT2D eigenvalue weighted by atomic mass is 32.1. The lowest BCUT2D eigenvalue weighted by molar-refractivity contribution is 0.520. The van der Waals surface area contributed by atoms with Crippen LogP contribution in [0.1, 0.15) is 36.3 Å². The van der Waals surface area contributed by atoms with Gasteiger partial charge in [-0.05, 0) is 55.8 Å². The number of hydrogen-bond acceptors (Lipinski definition) is 7. The van der Waals surface area contributed by atoms with E-state index in [-0.39, 0.29) is 4.99 Å². The van der Waals surface area contributed by atoms with E-state index < -0.39 is 5.92 Å². The smallest absolute Gasteiger partial charge is 0.103 e. The number of thiol groups is 1. The third-order valence-electron chi connectivity index (χ3n) is 4.93. The molecule has 1 saturated heterocycles. The lowest BCUT2D eigenvalue weighted by Crippen LogP contribution is -2.29. The van der Waals surface area contributed by atoms with E-state index in [1.54, 1.807) is 24.8 Å². The monoisotopic (exact) mass is 436 g/mol. The predicted molar refractivity (Wildman–Crippen MR) is 126 cm³/mol. The lowest BCUT2D eigenvalue weighted by Gasteiger charge is -2.30. The van der Waals surface area contributed by atoms with Crippen molar-refractivity contribution in [2.75, 3.05) is 13.1 Å². The highest BCUT2D eigenvalue weighted by molar-refractivity contribution is 7.84. The van der Waals surface area contributed by atoms with Gasteiger partial charge in [0.15, 0.2) is 0 Å². The quantitative estimate of drug-likeness (QED) is 0.433. The standard InChI is InChI=1S/C17H13N5S2.C5H11N/c18-8-12-13(10-3-6-20-7-4-10)14(16(19)23)15(22-17(12)24)11-2-1-5-21-9-11;1-2-4-6-5-3-1/h1-7,9,13,22,24H,(H2,19,23);6H,1-5H2. The van der Waals surface area contributed by atoms with Crippen LogP contribution < -0.4 is 16.4 Å². The van der Waals surface area contributed by atoms with Crippen LogP contribution in [-0.2, 0) is 0 Å². The molecule has 2 aromatic rings. The summed E-state index contributed by atoms with van der Waals surface area (Å²) in [5.41, 5.74) is 9.55. The number of hydrogen-bond donors (Lipinski definition) is 4. The van der Waals surface area contributed by atoms with Gasteiger partial charge in [0.05, 0.1) is 28.3 Å². The molecule has 1 fully saturated rings. The van der Waals surface area contributed by atoms with Crippen molar-refractivity contribution < 1.29 is 0 Å². The summed E-state index contributed by atoms with van der Waals surface area (Å²) in [6.07, 6.45) is 11.0. The van der Waals surface area contributed by atoms with Gasteiger partial charge >= 0.3 is 0 Å². The summed E-state index contributed by atoms with van der Waals surface area (Å²) in [6, 6.07) is 9.62. The molecule has 4 heterocycles. The van der Waals surface area contributed by atoms with Crippen molar-refractivity contribution in [3.63, 3.8) is 0 Å². The first-order valence-corrected chi connectivity index (χ1v) is 10.6. The summed E-state index contributed by atoms with van der Waals surface area (Å²) in [6.45, 7) is 2.50. The second kappa shape index (κ2) is 10.9. The normalized spacial score (nSPS) is 18.6. The van der Waals surface area contributed by atoms with E-state index in [0.29, 0.717) is 21.9 Å². The molecule has 8 heteroatoms. The van der Waals surface area contributed by atoms with Gasteiger partial charge in [0.2, 0.25) is 0 Å². The van der Waals surface area contributed by atoms with Crippen molar-refractivity contribution in [1.82, 2.24) is 20.6 Å². The molecule has 154 valence electrons. The fourth-order valence-corrected chi connectivity index (χ4v) is 4.00. The van der Waals surface area contributed by atoms with E-state index in [1.807, 2.05) is 24.3 Å². The second-order valence-electron chi connectivity index (χ2n) is 6.92. The number of nitriles is 1. The van der Waals surface area contributed by atoms with Crippen molar-refractivity contribution in [3.8, 4) is 6.07 Å². The van der Waals surface area contributed by atoms with Crippen LogP contribution >= 0.6 is 24.8 Å². The molecule has 2 aliphatic rings. The van der Waals surface area contributed by atoms with Crippen molar-refractivity contribution in [3.05, 3.63) is 76.4 Å². The SMILES string of the molecule is C1CCNCC1.N#CC1=C(S)NC(c2cccnc2)=C(C(N)=S)C1c1ccncc1. The Hall–Kier alpha value is -2.73. The first-order valence-electron chi connectivity index (χ1n) is 9.78. The van der Waals surface area contributed by atoms with Crippen LogP contribution in [0.4, 0.5) is 0 Å². The van der Waals surface area contributed by atoms with Gasteiger partial charge in [0.25, 0.3) is 0 Å². The topological polar surface area (TPSA) is 99.7 Å². The summed E-state index contributed by atoms with van der Waals surface area (Å²) < 4.78 is 0. The van der Waals surface area contributed by atoms with Crippen LogP contribution in [-0.4, -0.2) is 28.0 Å². The molecule has 0 bridgehead atoms. The maximum Gasteiger partial charge on any atom is 0.103 e. The van der Waals surface area contributed by atoms with Crippen LogP contribution in [0.2, 0.25) is 0 Å². The second-order valence-corrected chi connectivity index (χ2v) is 7.80. The average molecular weight is 437 g/mol. The summed E-state index contributed by atoms with van der Waals surface area (Å²) >= 11 is 9.75. The van der Waals surface area contributed by atoms with E-state index >= 15 is 0 Å². The molecule has 1 atom stereocenters. The van der Waals surface area contributed by atoms with Crippen LogP contribution in [0.5, 0.6) is 0 Å².